The van der Waals surface area contributed by atoms with Crippen molar-refractivity contribution in [2.45, 2.75) is 0 Å². The third-order valence-corrected chi connectivity index (χ3v) is 3.09. The number of carbonyl (C=O) groups excluding carboxylic acids is 1. The lowest BCUT2D eigenvalue weighted by Crippen LogP contribution is -2.33. The molecule has 2 rings (SSSR count). The Morgan fingerprint density at radius 1 is 1.29 bits per heavy atom. The first-order valence-corrected chi connectivity index (χ1v) is 6.69. The van der Waals surface area contributed by atoms with Crippen molar-refractivity contribution in [2.24, 2.45) is 7.05 Å². The monoisotopic (exact) mass is 289 g/mol. The van der Waals surface area contributed by atoms with Crippen molar-refractivity contribution in [2.75, 3.05) is 27.2 Å². The van der Waals surface area contributed by atoms with E-state index in [0.29, 0.717) is 18.8 Å². The molecule has 0 spiro atoms. The highest BCUT2D eigenvalue weighted by molar-refractivity contribution is 5.99. The molecule has 6 heteroatoms. The predicted octanol–water partition coefficient (Wildman–Crippen LogP) is 0.937. The van der Waals surface area contributed by atoms with Gasteiger partial charge in [-0.3, -0.25) is 4.79 Å². The van der Waals surface area contributed by atoms with Crippen LogP contribution < -0.4 is 10.9 Å². The Kier molecular flexibility index (Phi) is 4.59. The molecule has 112 valence electrons. The van der Waals surface area contributed by atoms with Gasteiger partial charge in [0.15, 0.2) is 5.56 Å². The summed E-state index contributed by atoms with van der Waals surface area (Å²) in [5, 5.41) is 2.74. The maximum atomic E-state index is 12.3. The molecular formula is C15H19N3O3. The Morgan fingerprint density at radius 2 is 1.95 bits per heavy atom. The van der Waals surface area contributed by atoms with Crippen LogP contribution in [0.4, 0.5) is 0 Å². The summed E-state index contributed by atoms with van der Waals surface area (Å²) >= 11 is 0. The molecule has 6 nitrogen and oxygen atoms in total. The molecule has 21 heavy (non-hydrogen) atoms. The van der Waals surface area contributed by atoms with E-state index < -0.39 is 11.5 Å². The Labute approximate surface area is 122 Å². The van der Waals surface area contributed by atoms with Crippen molar-refractivity contribution in [1.82, 2.24) is 15.0 Å². The summed E-state index contributed by atoms with van der Waals surface area (Å²) in [6.45, 7) is 1.17. The van der Waals surface area contributed by atoms with Crippen LogP contribution in [0.15, 0.2) is 39.6 Å². The molecule has 0 aliphatic heterocycles. The second-order valence-electron chi connectivity index (χ2n) is 5.03. The fourth-order valence-electron chi connectivity index (χ4n) is 2.07. The Morgan fingerprint density at radius 3 is 2.57 bits per heavy atom. The van der Waals surface area contributed by atoms with Crippen LogP contribution in [0.1, 0.15) is 10.4 Å². The number of likely N-dealkylation sites (N-methyl/N-ethyl adjacent to an activating group) is 1. The van der Waals surface area contributed by atoms with E-state index in [0.717, 1.165) is 5.56 Å². The van der Waals surface area contributed by atoms with Crippen LogP contribution in [-0.2, 0) is 7.05 Å². The molecule has 1 aromatic carbocycles. The summed E-state index contributed by atoms with van der Waals surface area (Å²) in [5.74, 6) is -0.412. The number of amides is 1. The van der Waals surface area contributed by atoms with Crippen LogP contribution in [0, 0.1) is 0 Å². The van der Waals surface area contributed by atoms with Gasteiger partial charge in [0, 0.05) is 25.7 Å². The highest BCUT2D eigenvalue weighted by Gasteiger charge is 2.23. The smallest absolute Gasteiger partial charge is 0.350 e. The van der Waals surface area contributed by atoms with E-state index in [4.69, 9.17) is 4.52 Å². The molecule has 1 heterocycles. The zero-order chi connectivity index (χ0) is 15.4. The van der Waals surface area contributed by atoms with Crippen molar-refractivity contribution in [1.29, 1.82) is 0 Å². The lowest BCUT2D eigenvalue weighted by Gasteiger charge is -2.10. The average Bonchev–Trinajstić information content (AvgIpc) is 2.74. The van der Waals surface area contributed by atoms with Crippen LogP contribution in [0.25, 0.3) is 11.3 Å². The molecule has 0 radical (unpaired) electrons. The van der Waals surface area contributed by atoms with E-state index >= 15 is 0 Å². The van der Waals surface area contributed by atoms with Gasteiger partial charge in [-0.25, -0.2) is 9.53 Å². The van der Waals surface area contributed by atoms with E-state index in [1.54, 1.807) is 7.05 Å². The summed E-state index contributed by atoms with van der Waals surface area (Å²) in [6.07, 6.45) is 0. The lowest BCUT2D eigenvalue weighted by atomic mass is 10.1. The van der Waals surface area contributed by atoms with Crippen molar-refractivity contribution in [3.63, 3.8) is 0 Å². The van der Waals surface area contributed by atoms with E-state index in [-0.39, 0.29) is 5.56 Å². The molecule has 0 bridgehead atoms. The van der Waals surface area contributed by atoms with Crippen molar-refractivity contribution in [3.8, 4) is 11.3 Å². The molecular weight excluding hydrogens is 270 g/mol. The van der Waals surface area contributed by atoms with Crippen LogP contribution in [0.5, 0.6) is 0 Å². The highest BCUT2D eigenvalue weighted by atomic mass is 16.5. The molecule has 1 aromatic heterocycles. The number of hydrogen-bond donors (Lipinski definition) is 1. The first-order chi connectivity index (χ1) is 10.0. The fraction of sp³-hybridized carbons (Fsp3) is 0.333. The predicted molar refractivity (Wildman–Crippen MR) is 80.3 cm³/mol. The summed E-state index contributed by atoms with van der Waals surface area (Å²) in [5.41, 5.74) is 0.674. The summed E-state index contributed by atoms with van der Waals surface area (Å²) in [4.78, 5) is 26.1. The quantitative estimate of drug-likeness (QED) is 0.889. The molecule has 0 aliphatic carbocycles. The van der Waals surface area contributed by atoms with E-state index in [1.165, 1.54) is 4.74 Å². The Hall–Kier alpha value is -2.34. The molecule has 0 saturated carbocycles. The Balaban J connectivity index is 2.32. The van der Waals surface area contributed by atoms with Crippen LogP contribution >= 0.6 is 0 Å². The van der Waals surface area contributed by atoms with Gasteiger partial charge in [0.1, 0.15) is 5.69 Å². The lowest BCUT2D eigenvalue weighted by molar-refractivity contribution is 0.0949. The summed E-state index contributed by atoms with van der Waals surface area (Å²) in [6, 6.07) is 9.24. The SMILES string of the molecule is CN(C)CCNC(=O)c1c(-c2ccccc2)n(C)oc1=O. The van der Waals surface area contributed by atoms with Gasteiger partial charge in [0.2, 0.25) is 0 Å². The van der Waals surface area contributed by atoms with Crippen LogP contribution in [0.2, 0.25) is 0 Å². The van der Waals surface area contributed by atoms with Gasteiger partial charge in [-0.1, -0.05) is 30.3 Å². The number of hydrogen-bond acceptors (Lipinski definition) is 4. The van der Waals surface area contributed by atoms with Crippen molar-refractivity contribution >= 4 is 5.91 Å². The van der Waals surface area contributed by atoms with Gasteiger partial charge >= 0.3 is 5.63 Å². The third kappa shape index (κ3) is 3.41. The summed E-state index contributed by atoms with van der Waals surface area (Å²) < 4.78 is 6.37. The maximum Gasteiger partial charge on any atom is 0.370 e. The molecule has 2 aromatic rings. The number of nitrogens with one attached hydrogen (secondary N) is 1. The average molecular weight is 289 g/mol. The summed E-state index contributed by atoms with van der Waals surface area (Å²) in [7, 11) is 5.44. The molecule has 0 atom stereocenters. The largest absolute Gasteiger partial charge is 0.370 e. The third-order valence-electron chi connectivity index (χ3n) is 3.09. The first kappa shape index (κ1) is 15.1. The van der Waals surface area contributed by atoms with Crippen molar-refractivity contribution < 1.29 is 9.32 Å². The topological polar surface area (TPSA) is 67.5 Å². The van der Waals surface area contributed by atoms with Crippen LogP contribution in [-0.4, -0.2) is 42.7 Å². The molecule has 0 fully saturated rings. The van der Waals surface area contributed by atoms with Crippen LogP contribution in [0.3, 0.4) is 0 Å². The van der Waals surface area contributed by atoms with E-state index in [1.807, 2.05) is 49.3 Å². The first-order valence-electron chi connectivity index (χ1n) is 6.69. The molecule has 1 N–H and O–H groups in total. The minimum Gasteiger partial charge on any atom is -0.350 e. The number of rotatable bonds is 5. The minimum absolute atomic E-state index is 0.0439. The molecule has 0 aliphatic rings. The number of benzene rings is 1. The van der Waals surface area contributed by atoms with Gasteiger partial charge in [-0.2, -0.15) is 0 Å². The minimum atomic E-state index is -0.626. The van der Waals surface area contributed by atoms with Gasteiger partial charge in [-0.05, 0) is 14.1 Å². The zero-order valence-electron chi connectivity index (χ0n) is 12.4. The highest BCUT2D eigenvalue weighted by Crippen LogP contribution is 2.21. The number of aromatic nitrogens is 1. The number of carbonyl (C=O) groups is 1. The standard InChI is InChI=1S/C15H19N3O3/c1-17(2)10-9-16-14(19)12-13(18(3)21-15(12)20)11-7-5-4-6-8-11/h4-8H,9-10H2,1-3H3,(H,16,19). The van der Waals surface area contributed by atoms with E-state index in [9.17, 15) is 9.59 Å². The molecule has 0 unspecified atom stereocenters. The van der Waals surface area contributed by atoms with Gasteiger partial charge in [0.05, 0.1) is 0 Å². The second kappa shape index (κ2) is 6.41. The Bertz CT molecular complexity index is 671. The zero-order valence-corrected chi connectivity index (χ0v) is 12.4. The van der Waals surface area contributed by atoms with Crippen molar-refractivity contribution in [3.05, 3.63) is 46.3 Å². The van der Waals surface area contributed by atoms with E-state index in [2.05, 4.69) is 5.32 Å². The number of nitrogens with zero attached hydrogens (tertiary/aromatic N) is 2. The van der Waals surface area contributed by atoms with Gasteiger partial charge < -0.3 is 14.7 Å². The van der Waals surface area contributed by atoms with Gasteiger partial charge in [-0.15, -0.1) is 0 Å². The van der Waals surface area contributed by atoms with Gasteiger partial charge in [0.25, 0.3) is 5.91 Å². The molecule has 0 saturated heterocycles. The normalized spacial score (nSPS) is 10.9. The second-order valence-corrected chi connectivity index (χ2v) is 5.03. The maximum absolute atomic E-state index is 12.3. The fourth-order valence-corrected chi connectivity index (χ4v) is 2.07. The molecule has 1 amide bonds. The number of aryl methyl sites for hydroxylation is 1.